The van der Waals surface area contributed by atoms with Gasteiger partial charge in [0, 0.05) is 6.54 Å². The Hall–Kier alpha value is -2.30. The predicted molar refractivity (Wildman–Crippen MR) is 80.6 cm³/mol. The second-order valence-corrected chi connectivity index (χ2v) is 5.41. The molecule has 0 saturated carbocycles. The number of nitrogens with one attached hydrogen (secondary N) is 1. The maximum Gasteiger partial charge on any atom is 0.361 e. The van der Waals surface area contributed by atoms with Crippen LogP contribution in [0, 0.1) is 13.8 Å². The molecule has 0 radical (unpaired) electrons. The summed E-state index contributed by atoms with van der Waals surface area (Å²) in [5, 5.41) is 2.77. The Balaban J connectivity index is 2.17. The molecule has 2 aromatic rings. The van der Waals surface area contributed by atoms with Crippen LogP contribution in [-0.4, -0.2) is 10.8 Å². The first-order valence-corrected chi connectivity index (χ1v) is 6.97. The van der Waals surface area contributed by atoms with E-state index in [-0.39, 0.29) is 5.92 Å². The first-order valence-electron chi connectivity index (χ1n) is 6.97. The molecule has 5 nitrogen and oxygen atoms in total. The molecule has 1 heterocycles. The van der Waals surface area contributed by atoms with Gasteiger partial charge in [0.25, 0.3) is 0 Å². The summed E-state index contributed by atoms with van der Waals surface area (Å²) in [6, 6.07) is 7.38. The van der Waals surface area contributed by atoms with Crippen molar-refractivity contribution < 1.29 is 9.32 Å². The van der Waals surface area contributed by atoms with Gasteiger partial charge in [-0.25, -0.2) is 9.59 Å². The number of carbonyl (C=O) groups is 1. The van der Waals surface area contributed by atoms with E-state index in [9.17, 15) is 9.59 Å². The van der Waals surface area contributed by atoms with Gasteiger partial charge in [-0.2, -0.15) is 0 Å². The average molecular weight is 288 g/mol. The van der Waals surface area contributed by atoms with Gasteiger partial charge in [-0.05, 0) is 30.9 Å². The number of rotatable bonds is 3. The number of carbonyl (C=O) groups excluding carboxylic acids is 1. The summed E-state index contributed by atoms with van der Waals surface area (Å²) < 4.78 is 6.07. The number of aryl methyl sites for hydroxylation is 1. The van der Waals surface area contributed by atoms with Crippen LogP contribution in [-0.2, 0) is 6.54 Å². The number of hydrogen-bond acceptors (Lipinski definition) is 3. The molecule has 0 bridgehead atoms. The summed E-state index contributed by atoms with van der Waals surface area (Å²) in [7, 11) is 0. The normalized spacial score (nSPS) is 10.9. The Kier molecular flexibility index (Phi) is 4.31. The van der Waals surface area contributed by atoms with Crippen LogP contribution in [0.25, 0.3) is 0 Å². The number of benzene rings is 1. The minimum Gasteiger partial charge on any atom is -0.331 e. The summed E-state index contributed by atoms with van der Waals surface area (Å²) in [4.78, 5) is 23.9. The highest BCUT2D eigenvalue weighted by Gasteiger charge is 2.20. The monoisotopic (exact) mass is 288 g/mol. The fourth-order valence-electron chi connectivity index (χ4n) is 2.36. The first kappa shape index (κ1) is 15.1. The van der Waals surface area contributed by atoms with Gasteiger partial charge in [0.2, 0.25) is 0 Å². The Labute approximate surface area is 123 Å². The van der Waals surface area contributed by atoms with E-state index in [0.29, 0.717) is 17.8 Å². The molecule has 1 aromatic carbocycles. The summed E-state index contributed by atoms with van der Waals surface area (Å²) in [5.41, 5.74) is 2.78. The zero-order valence-corrected chi connectivity index (χ0v) is 12.8. The highest BCUT2D eigenvalue weighted by Crippen LogP contribution is 2.15. The first-order chi connectivity index (χ1) is 9.91. The van der Waals surface area contributed by atoms with Crippen molar-refractivity contribution in [1.29, 1.82) is 0 Å². The van der Waals surface area contributed by atoms with Crippen LogP contribution in [0.4, 0.5) is 4.79 Å². The highest BCUT2D eigenvalue weighted by atomic mass is 16.5. The molecule has 1 N–H and O–H groups in total. The number of amides is 1. The lowest BCUT2D eigenvalue weighted by Crippen LogP contribution is -2.28. The van der Waals surface area contributed by atoms with Crippen LogP contribution >= 0.6 is 0 Å². The molecule has 21 heavy (non-hydrogen) atoms. The van der Waals surface area contributed by atoms with Gasteiger partial charge in [0.05, 0.1) is 11.3 Å². The maximum atomic E-state index is 12.2. The van der Waals surface area contributed by atoms with E-state index in [1.54, 1.807) is 6.92 Å². The van der Waals surface area contributed by atoms with Crippen molar-refractivity contribution in [2.75, 3.05) is 0 Å². The Morgan fingerprint density at radius 3 is 2.52 bits per heavy atom. The number of aromatic nitrogens is 1. The summed E-state index contributed by atoms with van der Waals surface area (Å²) >= 11 is 0. The van der Waals surface area contributed by atoms with Crippen molar-refractivity contribution in [3.05, 3.63) is 57.1 Å². The van der Waals surface area contributed by atoms with Gasteiger partial charge in [-0.3, -0.25) is 0 Å². The Bertz CT molecular complexity index is 711. The Morgan fingerprint density at radius 1 is 1.29 bits per heavy atom. The van der Waals surface area contributed by atoms with Crippen molar-refractivity contribution in [1.82, 2.24) is 10.1 Å². The molecule has 0 saturated heterocycles. The third-order valence-electron chi connectivity index (χ3n) is 3.54. The highest BCUT2D eigenvalue weighted by molar-refractivity contribution is 5.76. The van der Waals surface area contributed by atoms with Crippen molar-refractivity contribution in [3.8, 4) is 0 Å². The molecule has 0 spiro atoms. The lowest BCUT2D eigenvalue weighted by atomic mass is 10.1. The smallest absolute Gasteiger partial charge is 0.331 e. The minimum atomic E-state index is -0.450. The number of nitrogens with zero attached hydrogens (tertiary/aromatic N) is 1. The molecule has 0 unspecified atom stereocenters. The molecule has 0 aliphatic heterocycles. The summed E-state index contributed by atoms with van der Waals surface area (Å²) in [6.45, 7) is 7.89. The van der Waals surface area contributed by atoms with E-state index >= 15 is 0 Å². The van der Waals surface area contributed by atoms with E-state index in [1.165, 1.54) is 0 Å². The van der Waals surface area contributed by atoms with Crippen molar-refractivity contribution in [2.45, 2.75) is 40.2 Å². The van der Waals surface area contributed by atoms with Gasteiger partial charge in [0.1, 0.15) is 0 Å². The van der Waals surface area contributed by atoms with E-state index in [2.05, 4.69) is 5.32 Å². The molecule has 0 aliphatic rings. The molecule has 112 valence electrons. The topological polar surface area (TPSA) is 64.2 Å². The fraction of sp³-hybridized carbons (Fsp3) is 0.375. The maximum absolute atomic E-state index is 12.2. The molecule has 0 aliphatic carbocycles. The van der Waals surface area contributed by atoms with Crippen LogP contribution in [0.15, 0.2) is 33.6 Å². The number of hydrogen-bond donors (Lipinski definition) is 1. The van der Waals surface area contributed by atoms with Crippen molar-refractivity contribution in [2.24, 2.45) is 0 Å². The molecule has 0 atom stereocenters. The van der Waals surface area contributed by atoms with Crippen LogP contribution < -0.4 is 10.9 Å². The third kappa shape index (κ3) is 3.07. The van der Waals surface area contributed by atoms with Gasteiger partial charge in [-0.15, -0.1) is 4.74 Å². The molecule has 5 heteroatoms. The van der Waals surface area contributed by atoms with Gasteiger partial charge < -0.3 is 9.84 Å². The zero-order chi connectivity index (χ0) is 15.6. The van der Waals surface area contributed by atoms with E-state index in [4.69, 9.17) is 4.52 Å². The molecule has 2 rings (SSSR count). The molecule has 0 fully saturated rings. The van der Waals surface area contributed by atoms with Crippen LogP contribution in [0.3, 0.4) is 0 Å². The van der Waals surface area contributed by atoms with E-state index < -0.39 is 11.7 Å². The van der Waals surface area contributed by atoms with Crippen LogP contribution in [0.5, 0.6) is 0 Å². The van der Waals surface area contributed by atoms with Crippen molar-refractivity contribution in [3.63, 3.8) is 0 Å². The average Bonchev–Trinajstić information content (AvgIpc) is 2.73. The molecular weight excluding hydrogens is 268 g/mol. The molecule has 1 amide bonds. The van der Waals surface area contributed by atoms with Gasteiger partial charge in [-0.1, -0.05) is 38.1 Å². The fourth-order valence-corrected chi connectivity index (χ4v) is 2.36. The van der Waals surface area contributed by atoms with E-state index in [0.717, 1.165) is 15.9 Å². The van der Waals surface area contributed by atoms with Gasteiger partial charge in [0.15, 0.2) is 0 Å². The molecular formula is C16H20N2O3. The SMILES string of the molecule is Cc1ccccc1CNC(=O)n1oc(=O)c(C(C)C)c1C. The Morgan fingerprint density at radius 2 is 1.95 bits per heavy atom. The van der Waals surface area contributed by atoms with Crippen LogP contribution in [0.2, 0.25) is 0 Å². The lowest BCUT2D eigenvalue weighted by molar-refractivity contribution is 0.205. The van der Waals surface area contributed by atoms with Gasteiger partial charge >= 0.3 is 11.7 Å². The second-order valence-electron chi connectivity index (χ2n) is 5.41. The third-order valence-corrected chi connectivity index (χ3v) is 3.54. The largest absolute Gasteiger partial charge is 0.361 e. The standard InChI is InChI=1S/C16H20N2O3/c1-10(2)14-12(4)18(21-15(14)19)16(20)17-9-13-8-6-5-7-11(13)3/h5-8,10H,9H2,1-4H3,(H,17,20). The van der Waals surface area contributed by atoms with Crippen LogP contribution in [0.1, 0.15) is 42.1 Å². The summed E-state index contributed by atoms with van der Waals surface area (Å²) in [6.07, 6.45) is 0. The van der Waals surface area contributed by atoms with Crippen molar-refractivity contribution >= 4 is 6.03 Å². The van der Waals surface area contributed by atoms with E-state index in [1.807, 2.05) is 45.0 Å². The second kappa shape index (κ2) is 5.99. The summed E-state index contributed by atoms with van der Waals surface area (Å²) in [5.74, 6) is 0.0201. The lowest BCUT2D eigenvalue weighted by Gasteiger charge is -2.08. The minimum absolute atomic E-state index is 0.0201. The quantitative estimate of drug-likeness (QED) is 0.944. The predicted octanol–water partition coefficient (Wildman–Crippen LogP) is 2.94. The zero-order valence-electron chi connectivity index (χ0n) is 12.8. The molecule has 1 aromatic heterocycles.